The lowest BCUT2D eigenvalue weighted by molar-refractivity contribution is 0.319. The van der Waals surface area contributed by atoms with Crippen molar-refractivity contribution in [1.29, 1.82) is 0 Å². The Bertz CT molecular complexity index is 617. The molecule has 21 heavy (non-hydrogen) atoms. The summed E-state index contributed by atoms with van der Waals surface area (Å²) in [6.45, 7) is 3.85. The largest absolute Gasteiger partial charge is 0.384 e. The highest BCUT2D eigenvalue weighted by Gasteiger charge is 2.02. The van der Waals surface area contributed by atoms with Gasteiger partial charge in [0, 0.05) is 18.7 Å². The van der Waals surface area contributed by atoms with Crippen molar-refractivity contribution in [3.05, 3.63) is 70.8 Å². The van der Waals surface area contributed by atoms with Gasteiger partial charge in [-0.25, -0.2) is 0 Å². The minimum absolute atomic E-state index is 0.0962. The SMILES string of the molecule is Cc1ccc(CN(C)Cc2ccc(C#CCO)cc2)cc1. The smallest absolute Gasteiger partial charge is 0.104 e. The molecule has 2 aromatic rings. The second kappa shape index (κ2) is 7.64. The lowest BCUT2D eigenvalue weighted by Gasteiger charge is -2.17. The topological polar surface area (TPSA) is 23.5 Å². The van der Waals surface area contributed by atoms with Crippen molar-refractivity contribution in [2.75, 3.05) is 13.7 Å². The summed E-state index contributed by atoms with van der Waals surface area (Å²) in [7, 11) is 2.12. The van der Waals surface area contributed by atoms with Crippen molar-refractivity contribution in [3.8, 4) is 11.8 Å². The van der Waals surface area contributed by atoms with Crippen LogP contribution in [0, 0.1) is 18.8 Å². The lowest BCUT2D eigenvalue weighted by atomic mass is 10.1. The van der Waals surface area contributed by atoms with E-state index >= 15 is 0 Å². The van der Waals surface area contributed by atoms with E-state index in [9.17, 15) is 0 Å². The van der Waals surface area contributed by atoms with Crippen molar-refractivity contribution in [3.63, 3.8) is 0 Å². The third-order valence-electron chi connectivity index (χ3n) is 3.29. The molecule has 0 aromatic heterocycles. The Morgan fingerprint density at radius 1 is 0.905 bits per heavy atom. The zero-order valence-electron chi connectivity index (χ0n) is 12.6. The fourth-order valence-electron chi connectivity index (χ4n) is 2.21. The van der Waals surface area contributed by atoms with Gasteiger partial charge in [-0.3, -0.25) is 4.90 Å². The number of nitrogens with zero attached hydrogens (tertiary/aromatic N) is 1. The molecule has 0 radical (unpaired) electrons. The van der Waals surface area contributed by atoms with Crippen LogP contribution in [-0.4, -0.2) is 23.7 Å². The van der Waals surface area contributed by atoms with Crippen molar-refractivity contribution in [2.24, 2.45) is 0 Å². The van der Waals surface area contributed by atoms with E-state index in [0.717, 1.165) is 18.7 Å². The van der Waals surface area contributed by atoms with E-state index < -0.39 is 0 Å². The Balaban J connectivity index is 1.93. The minimum atomic E-state index is -0.0962. The average Bonchev–Trinajstić information content (AvgIpc) is 2.49. The normalized spacial score (nSPS) is 10.3. The summed E-state index contributed by atoms with van der Waals surface area (Å²) < 4.78 is 0. The van der Waals surface area contributed by atoms with E-state index in [1.54, 1.807) is 0 Å². The van der Waals surface area contributed by atoms with Crippen LogP contribution >= 0.6 is 0 Å². The van der Waals surface area contributed by atoms with Gasteiger partial charge in [0.25, 0.3) is 0 Å². The summed E-state index contributed by atoms with van der Waals surface area (Å²) >= 11 is 0. The lowest BCUT2D eigenvalue weighted by Crippen LogP contribution is -2.17. The highest BCUT2D eigenvalue weighted by Crippen LogP contribution is 2.10. The van der Waals surface area contributed by atoms with Crippen LogP contribution < -0.4 is 0 Å². The third-order valence-corrected chi connectivity index (χ3v) is 3.29. The molecule has 0 aliphatic heterocycles. The summed E-state index contributed by atoms with van der Waals surface area (Å²) in [5, 5.41) is 8.68. The first kappa shape index (κ1) is 15.3. The van der Waals surface area contributed by atoms with Crippen LogP contribution in [0.3, 0.4) is 0 Å². The maximum absolute atomic E-state index is 8.68. The maximum Gasteiger partial charge on any atom is 0.104 e. The van der Waals surface area contributed by atoms with E-state index in [2.05, 4.69) is 67.1 Å². The van der Waals surface area contributed by atoms with Crippen LogP contribution in [0.15, 0.2) is 48.5 Å². The average molecular weight is 279 g/mol. The van der Waals surface area contributed by atoms with Gasteiger partial charge in [-0.15, -0.1) is 0 Å². The monoisotopic (exact) mass is 279 g/mol. The highest BCUT2D eigenvalue weighted by molar-refractivity contribution is 5.36. The first-order valence-electron chi connectivity index (χ1n) is 7.10. The Kier molecular flexibility index (Phi) is 5.57. The van der Waals surface area contributed by atoms with Gasteiger partial charge in [0.2, 0.25) is 0 Å². The number of benzene rings is 2. The second-order valence-electron chi connectivity index (χ2n) is 5.31. The van der Waals surface area contributed by atoms with Crippen molar-refractivity contribution in [2.45, 2.75) is 20.0 Å². The molecule has 2 rings (SSSR count). The molecule has 0 heterocycles. The molecule has 2 aromatic carbocycles. The number of rotatable bonds is 4. The molecule has 0 spiro atoms. The number of hydrogen-bond acceptors (Lipinski definition) is 2. The molecule has 2 nitrogen and oxygen atoms in total. The highest BCUT2D eigenvalue weighted by atomic mass is 16.2. The molecule has 0 unspecified atom stereocenters. The predicted octanol–water partition coefficient (Wildman–Crippen LogP) is 2.97. The van der Waals surface area contributed by atoms with Crippen LogP contribution in [0.1, 0.15) is 22.3 Å². The van der Waals surface area contributed by atoms with Gasteiger partial charge in [-0.2, -0.15) is 0 Å². The van der Waals surface area contributed by atoms with E-state index in [1.807, 2.05) is 12.1 Å². The van der Waals surface area contributed by atoms with Crippen LogP contribution in [0.4, 0.5) is 0 Å². The van der Waals surface area contributed by atoms with Crippen molar-refractivity contribution in [1.82, 2.24) is 4.90 Å². The van der Waals surface area contributed by atoms with Gasteiger partial charge in [-0.05, 0) is 37.2 Å². The zero-order chi connectivity index (χ0) is 15.1. The van der Waals surface area contributed by atoms with Crippen LogP contribution in [0.5, 0.6) is 0 Å². The quantitative estimate of drug-likeness (QED) is 0.870. The van der Waals surface area contributed by atoms with Gasteiger partial charge in [0.15, 0.2) is 0 Å². The molecule has 0 atom stereocenters. The summed E-state index contributed by atoms with van der Waals surface area (Å²) in [6, 6.07) is 16.8. The van der Waals surface area contributed by atoms with Crippen molar-refractivity contribution >= 4 is 0 Å². The molecule has 0 saturated heterocycles. The van der Waals surface area contributed by atoms with Gasteiger partial charge in [-0.1, -0.05) is 53.8 Å². The molecule has 0 fully saturated rings. The standard InChI is InChI=1S/C19H21NO/c1-16-5-7-18(8-6-16)14-20(2)15-19-11-9-17(10-12-19)4-3-13-21/h5-12,21H,13-15H2,1-2H3. The fourth-order valence-corrected chi connectivity index (χ4v) is 2.21. The van der Waals surface area contributed by atoms with E-state index in [-0.39, 0.29) is 6.61 Å². The molecule has 0 bridgehead atoms. The molecule has 0 amide bonds. The van der Waals surface area contributed by atoms with Crippen LogP contribution in [-0.2, 0) is 13.1 Å². The van der Waals surface area contributed by atoms with E-state index in [4.69, 9.17) is 5.11 Å². The summed E-state index contributed by atoms with van der Waals surface area (Å²) in [5.74, 6) is 5.56. The minimum Gasteiger partial charge on any atom is -0.384 e. The molecule has 1 N–H and O–H groups in total. The molecule has 0 aliphatic rings. The van der Waals surface area contributed by atoms with Crippen LogP contribution in [0.25, 0.3) is 0 Å². The first-order valence-corrected chi connectivity index (χ1v) is 7.10. The number of aryl methyl sites for hydroxylation is 1. The van der Waals surface area contributed by atoms with E-state index in [0.29, 0.717) is 0 Å². The third kappa shape index (κ3) is 5.07. The van der Waals surface area contributed by atoms with Crippen molar-refractivity contribution < 1.29 is 5.11 Å². The Morgan fingerprint density at radius 2 is 1.43 bits per heavy atom. The maximum atomic E-state index is 8.68. The molecule has 108 valence electrons. The molecule has 0 saturated carbocycles. The number of aliphatic hydroxyl groups is 1. The van der Waals surface area contributed by atoms with Gasteiger partial charge < -0.3 is 5.11 Å². The van der Waals surface area contributed by atoms with Gasteiger partial charge in [0.1, 0.15) is 6.61 Å². The number of hydrogen-bond donors (Lipinski definition) is 1. The van der Waals surface area contributed by atoms with Gasteiger partial charge >= 0.3 is 0 Å². The van der Waals surface area contributed by atoms with Gasteiger partial charge in [0.05, 0.1) is 0 Å². The summed E-state index contributed by atoms with van der Waals surface area (Å²) in [4.78, 5) is 2.29. The predicted molar refractivity (Wildman–Crippen MR) is 86.8 cm³/mol. The second-order valence-corrected chi connectivity index (χ2v) is 5.31. The summed E-state index contributed by atoms with van der Waals surface area (Å²) in [5.41, 5.74) is 4.82. The molecular weight excluding hydrogens is 258 g/mol. The Hall–Kier alpha value is -2.08. The van der Waals surface area contributed by atoms with E-state index in [1.165, 1.54) is 16.7 Å². The molecule has 2 heteroatoms. The zero-order valence-corrected chi connectivity index (χ0v) is 12.6. The molecular formula is C19H21NO. The fraction of sp³-hybridized carbons (Fsp3) is 0.263. The Morgan fingerprint density at radius 3 is 1.95 bits per heavy atom. The van der Waals surface area contributed by atoms with Crippen LogP contribution in [0.2, 0.25) is 0 Å². The summed E-state index contributed by atoms with van der Waals surface area (Å²) in [6.07, 6.45) is 0. The molecule has 0 aliphatic carbocycles. The Labute approximate surface area is 127 Å². The number of aliphatic hydroxyl groups excluding tert-OH is 1. The first-order chi connectivity index (χ1) is 10.2.